The summed E-state index contributed by atoms with van der Waals surface area (Å²) >= 11 is 1.44. The average Bonchev–Trinajstić information content (AvgIpc) is 3.27. The molecule has 0 saturated heterocycles. The zero-order valence-electron chi connectivity index (χ0n) is 18.6. The summed E-state index contributed by atoms with van der Waals surface area (Å²) < 4.78 is 5.49. The first-order valence-corrected chi connectivity index (χ1v) is 11.9. The largest absolute Gasteiger partial charge is 0.463 e. The van der Waals surface area contributed by atoms with Crippen LogP contribution in [-0.4, -0.2) is 10.9 Å². The van der Waals surface area contributed by atoms with E-state index in [-0.39, 0.29) is 11.0 Å². The van der Waals surface area contributed by atoms with Gasteiger partial charge in [-0.3, -0.25) is 14.9 Å². The number of nitrogens with zero attached hydrogens (tertiary/aromatic N) is 1. The molecule has 6 heteroatoms. The monoisotopic (exact) mass is 466 g/mol. The molecule has 168 valence electrons. The van der Waals surface area contributed by atoms with Crippen LogP contribution in [0.1, 0.15) is 28.6 Å². The van der Waals surface area contributed by atoms with Gasteiger partial charge in [-0.25, -0.2) is 4.98 Å². The highest BCUT2D eigenvalue weighted by molar-refractivity contribution is 7.16. The molecule has 2 heterocycles. The zero-order valence-corrected chi connectivity index (χ0v) is 19.4. The molecule has 0 aliphatic carbocycles. The summed E-state index contributed by atoms with van der Waals surface area (Å²) in [5.41, 5.74) is 4.18. The molecule has 2 aromatic heterocycles. The van der Waals surface area contributed by atoms with Gasteiger partial charge in [0.2, 0.25) is 5.43 Å². The maximum Gasteiger partial charge on any atom is 0.264 e. The average molecular weight is 467 g/mol. The summed E-state index contributed by atoms with van der Waals surface area (Å²) in [4.78, 5) is 31.5. The Morgan fingerprint density at radius 1 is 0.912 bits per heavy atom. The van der Waals surface area contributed by atoms with Gasteiger partial charge in [-0.1, -0.05) is 80.1 Å². The minimum Gasteiger partial charge on any atom is -0.463 e. The highest BCUT2D eigenvalue weighted by atomic mass is 32.1. The van der Waals surface area contributed by atoms with E-state index in [1.807, 2.05) is 18.2 Å². The van der Waals surface area contributed by atoms with Crippen molar-refractivity contribution in [3.8, 4) is 22.4 Å². The molecule has 0 bridgehead atoms. The maximum atomic E-state index is 12.9. The van der Waals surface area contributed by atoms with Gasteiger partial charge in [0, 0.05) is 10.4 Å². The molecule has 5 aromatic rings. The molecular formula is C28H22N2O3S. The van der Waals surface area contributed by atoms with Crippen molar-refractivity contribution in [1.82, 2.24) is 4.98 Å². The molecule has 5 rings (SSSR count). The van der Waals surface area contributed by atoms with Crippen molar-refractivity contribution in [1.29, 1.82) is 0 Å². The summed E-state index contributed by atoms with van der Waals surface area (Å²) in [6.45, 7) is 2.11. The van der Waals surface area contributed by atoms with E-state index in [1.54, 1.807) is 24.3 Å². The van der Waals surface area contributed by atoms with Crippen molar-refractivity contribution in [3.05, 3.63) is 106 Å². The number of nitrogens with one attached hydrogen (secondary N) is 1. The van der Waals surface area contributed by atoms with Gasteiger partial charge < -0.3 is 4.42 Å². The van der Waals surface area contributed by atoms with Gasteiger partial charge in [0.15, 0.2) is 5.13 Å². The molecule has 5 nitrogen and oxygen atoms in total. The fraction of sp³-hybridized carbons (Fsp3) is 0.107. The van der Waals surface area contributed by atoms with Crippen molar-refractivity contribution in [2.24, 2.45) is 0 Å². The number of para-hydroxylation sites is 1. The third-order valence-electron chi connectivity index (χ3n) is 5.59. The Bertz CT molecular complexity index is 1520. The van der Waals surface area contributed by atoms with Crippen LogP contribution in [0, 0.1) is 0 Å². The smallest absolute Gasteiger partial charge is 0.264 e. The second kappa shape index (κ2) is 9.45. The Kier molecular flexibility index (Phi) is 6.06. The highest BCUT2D eigenvalue weighted by Gasteiger charge is 2.18. The van der Waals surface area contributed by atoms with Crippen LogP contribution < -0.4 is 10.7 Å². The Labute approximate surface area is 200 Å². The summed E-state index contributed by atoms with van der Waals surface area (Å²) in [5.74, 6) is -0.526. The number of hydrogen-bond donors (Lipinski definition) is 1. The van der Waals surface area contributed by atoms with Crippen LogP contribution in [0.5, 0.6) is 0 Å². The van der Waals surface area contributed by atoms with Crippen LogP contribution in [0.3, 0.4) is 0 Å². The van der Waals surface area contributed by atoms with Crippen LogP contribution in [0.2, 0.25) is 0 Å². The van der Waals surface area contributed by atoms with Crippen molar-refractivity contribution < 1.29 is 9.21 Å². The van der Waals surface area contributed by atoms with Gasteiger partial charge >= 0.3 is 0 Å². The first-order valence-electron chi connectivity index (χ1n) is 11.1. The summed E-state index contributed by atoms with van der Waals surface area (Å²) in [5, 5.41) is 3.63. The van der Waals surface area contributed by atoms with E-state index in [1.165, 1.54) is 17.6 Å². The van der Waals surface area contributed by atoms with Gasteiger partial charge in [-0.05, 0) is 29.7 Å². The molecule has 0 aliphatic heterocycles. The van der Waals surface area contributed by atoms with Crippen molar-refractivity contribution in [3.63, 3.8) is 0 Å². The lowest BCUT2D eigenvalue weighted by Gasteiger charge is -2.05. The minimum atomic E-state index is -0.526. The number of carbonyl (C=O) groups is 1. The number of fused-ring (bicyclic) bond motifs is 1. The van der Waals surface area contributed by atoms with Gasteiger partial charge in [0.1, 0.15) is 17.4 Å². The normalized spacial score (nSPS) is 11.0. The van der Waals surface area contributed by atoms with E-state index in [9.17, 15) is 9.59 Å². The number of hydrogen-bond acceptors (Lipinski definition) is 5. The highest BCUT2D eigenvalue weighted by Crippen LogP contribution is 2.33. The maximum absolute atomic E-state index is 12.9. The number of amides is 1. The lowest BCUT2D eigenvalue weighted by atomic mass is 10.0. The Balaban J connectivity index is 1.44. The first kappa shape index (κ1) is 21.8. The van der Waals surface area contributed by atoms with E-state index >= 15 is 0 Å². The topological polar surface area (TPSA) is 72.2 Å². The lowest BCUT2D eigenvalue weighted by molar-refractivity contribution is 0.102. The van der Waals surface area contributed by atoms with E-state index in [4.69, 9.17) is 9.40 Å². The van der Waals surface area contributed by atoms with Crippen LogP contribution in [0.25, 0.3) is 33.4 Å². The molecule has 0 spiro atoms. The molecule has 1 N–H and O–H groups in total. The van der Waals surface area contributed by atoms with Crippen LogP contribution in [0.4, 0.5) is 5.13 Å². The first-order chi connectivity index (χ1) is 16.6. The van der Waals surface area contributed by atoms with Crippen molar-refractivity contribution in [2.45, 2.75) is 19.8 Å². The molecular weight excluding hydrogens is 444 g/mol. The molecule has 0 atom stereocenters. The number of anilines is 1. The molecule has 0 saturated carbocycles. The van der Waals surface area contributed by atoms with Crippen LogP contribution in [-0.2, 0) is 6.42 Å². The summed E-state index contributed by atoms with van der Waals surface area (Å²) in [6.07, 6.45) is 3.02. The van der Waals surface area contributed by atoms with E-state index < -0.39 is 5.91 Å². The molecule has 0 fully saturated rings. The Morgan fingerprint density at radius 2 is 1.59 bits per heavy atom. The number of thiazole rings is 1. The quantitative estimate of drug-likeness (QED) is 0.299. The predicted octanol–water partition coefficient (Wildman–Crippen LogP) is 6.79. The standard InChI is InChI=1S/C28H22N2O3S/c1-2-8-24-25(20-15-13-19(14-16-20)18-9-4-3-5-10-18)29-28(34-24)30-27(32)22-17-33-23-12-7-6-11-21(23)26(22)31/h3-7,9-17H,2,8H2,1H3,(H,29,30,32). The fourth-order valence-corrected chi connectivity index (χ4v) is 4.96. The third kappa shape index (κ3) is 4.28. The van der Waals surface area contributed by atoms with Gasteiger partial charge in [-0.15, -0.1) is 11.3 Å². The number of benzene rings is 3. The molecule has 0 aliphatic rings. The number of aryl methyl sites for hydroxylation is 1. The van der Waals surface area contributed by atoms with Gasteiger partial charge in [0.25, 0.3) is 5.91 Å². The number of rotatable bonds is 6. The number of carbonyl (C=O) groups excluding carboxylic acids is 1. The second-order valence-electron chi connectivity index (χ2n) is 7.91. The van der Waals surface area contributed by atoms with E-state index in [0.29, 0.717) is 16.1 Å². The summed E-state index contributed by atoms with van der Waals surface area (Å²) in [7, 11) is 0. The molecule has 3 aromatic carbocycles. The molecule has 0 unspecified atom stereocenters. The molecule has 1 amide bonds. The zero-order chi connectivity index (χ0) is 23.5. The van der Waals surface area contributed by atoms with Crippen molar-refractivity contribution >= 4 is 33.3 Å². The van der Waals surface area contributed by atoms with E-state index in [0.717, 1.165) is 40.1 Å². The third-order valence-corrected chi connectivity index (χ3v) is 6.62. The Hall–Kier alpha value is -4.03. The van der Waals surface area contributed by atoms with E-state index in [2.05, 4.69) is 48.6 Å². The molecule has 34 heavy (non-hydrogen) atoms. The predicted molar refractivity (Wildman–Crippen MR) is 137 cm³/mol. The van der Waals surface area contributed by atoms with Gasteiger partial charge in [-0.2, -0.15) is 0 Å². The summed E-state index contributed by atoms with van der Waals surface area (Å²) in [6, 6.07) is 25.4. The lowest BCUT2D eigenvalue weighted by Crippen LogP contribution is -2.21. The number of aromatic nitrogens is 1. The molecule has 0 radical (unpaired) electrons. The van der Waals surface area contributed by atoms with Crippen LogP contribution >= 0.6 is 11.3 Å². The fourth-order valence-electron chi connectivity index (χ4n) is 3.88. The SMILES string of the molecule is CCCc1sc(NC(=O)c2coc3ccccc3c2=O)nc1-c1ccc(-c2ccccc2)cc1. The van der Waals surface area contributed by atoms with Crippen molar-refractivity contribution in [2.75, 3.05) is 5.32 Å². The second-order valence-corrected chi connectivity index (χ2v) is 9.00. The van der Waals surface area contributed by atoms with Gasteiger partial charge in [0.05, 0.1) is 11.1 Å². The minimum absolute atomic E-state index is 0.0419. The Morgan fingerprint density at radius 3 is 2.35 bits per heavy atom. The van der Waals surface area contributed by atoms with Crippen LogP contribution in [0.15, 0.2) is 94.3 Å².